The quantitative estimate of drug-likeness (QED) is 0.600. The first-order chi connectivity index (χ1) is 10.4. The fourth-order valence-electron chi connectivity index (χ4n) is 1.55. The van der Waals surface area contributed by atoms with Crippen LogP contribution in [0, 0.1) is 23.3 Å². The van der Waals surface area contributed by atoms with E-state index in [-0.39, 0.29) is 15.9 Å². The van der Waals surface area contributed by atoms with Crippen LogP contribution in [0.25, 0.3) is 0 Å². The van der Waals surface area contributed by atoms with Crippen molar-refractivity contribution < 1.29 is 22.4 Å². The largest absolute Gasteiger partial charge is 0.322 e. The van der Waals surface area contributed by atoms with Crippen molar-refractivity contribution in [3.63, 3.8) is 0 Å². The van der Waals surface area contributed by atoms with Gasteiger partial charge in [0.2, 0.25) is 5.91 Å². The Morgan fingerprint density at radius 3 is 2.41 bits per heavy atom. The normalized spacial score (nSPS) is 10.6. The first-order valence-electron chi connectivity index (χ1n) is 5.89. The molecule has 8 heteroatoms. The molecular formula is C14H8BrF4NOS. The monoisotopic (exact) mass is 393 g/mol. The van der Waals surface area contributed by atoms with E-state index in [0.717, 1.165) is 30.0 Å². The number of nitrogens with one attached hydrogen (secondary N) is 1. The Bertz CT molecular complexity index is 703. The van der Waals surface area contributed by atoms with Gasteiger partial charge in [-0.2, -0.15) is 0 Å². The van der Waals surface area contributed by atoms with Gasteiger partial charge in [-0.3, -0.25) is 4.79 Å². The maximum atomic E-state index is 13.5. The smallest absolute Gasteiger partial charge is 0.234 e. The van der Waals surface area contributed by atoms with E-state index >= 15 is 0 Å². The van der Waals surface area contributed by atoms with Crippen molar-refractivity contribution in [3.05, 3.63) is 58.1 Å². The van der Waals surface area contributed by atoms with E-state index in [4.69, 9.17) is 0 Å². The molecule has 116 valence electrons. The summed E-state index contributed by atoms with van der Waals surface area (Å²) in [5.41, 5.74) is -0.183. The zero-order chi connectivity index (χ0) is 16.3. The van der Waals surface area contributed by atoms with Gasteiger partial charge in [0.1, 0.15) is 5.82 Å². The van der Waals surface area contributed by atoms with Crippen LogP contribution in [0.15, 0.2) is 39.7 Å². The Morgan fingerprint density at radius 2 is 1.77 bits per heavy atom. The van der Waals surface area contributed by atoms with Gasteiger partial charge in [-0.15, -0.1) is 11.8 Å². The van der Waals surface area contributed by atoms with Gasteiger partial charge >= 0.3 is 0 Å². The highest BCUT2D eigenvalue weighted by Gasteiger charge is 2.13. The molecule has 2 aromatic carbocycles. The molecule has 0 aliphatic rings. The molecule has 2 aromatic rings. The van der Waals surface area contributed by atoms with Crippen molar-refractivity contribution >= 4 is 39.3 Å². The molecule has 0 saturated carbocycles. The summed E-state index contributed by atoms with van der Waals surface area (Å²) in [6.45, 7) is 0. The van der Waals surface area contributed by atoms with Crippen molar-refractivity contribution in [2.45, 2.75) is 4.90 Å². The second kappa shape index (κ2) is 7.15. The van der Waals surface area contributed by atoms with E-state index < -0.39 is 29.2 Å². The Kier molecular flexibility index (Phi) is 5.47. The molecule has 0 bridgehead atoms. The van der Waals surface area contributed by atoms with Gasteiger partial charge in [0.25, 0.3) is 0 Å². The Balaban J connectivity index is 2.00. The van der Waals surface area contributed by atoms with Crippen LogP contribution in [-0.2, 0) is 4.79 Å². The molecule has 0 aliphatic heterocycles. The first kappa shape index (κ1) is 16.8. The summed E-state index contributed by atoms with van der Waals surface area (Å²) < 4.78 is 52.3. The summed E-state index contributed by atoms with van der Waals surface area (Å²) in [6, 6.07) is 4.89. The Hall–Kier alpha value is -1.54. The fraction of sp³-hybridized carbons (Fsp3) is 0.0714. The third kappa shape index (κ3) is 4.23. The van der Waals surface area contributed by atoms with E-state index in [1.807, 2.05) is 0 Å². The molecule has 2 nitrogen and oxygen atoms in total. The molecule has 0 spiro atoms. The predicted molar refractivity (Wildman–Crippen MR) is 79.8 cm³/mol. The number of hydrogen-bond donors (Lipinski definition) is 1. The topological polar surface area (TPSA) is 29.1 Å². The molecule has 0 aliphatic carbocycles. The van der Waals surface area contributed by atoms with Crippen LogP contribution < -0.4 is 5.32 Å². The lowest BCUT2D eigenvalue weighted by atomic mass is 10.3. The minimum atomic E-state index is -1.02. The van der Waals surface area contributed by atoms with Gasteiger partial charge in [-0.1, -0.05) is 0 Å². The summed E-state index contributed by atoms with van der Waals surface area (Å²) >= 11 is 3.90. The van der Waals surface area contributed by atoms with Gasteiger partial charge in [-0.25, -0.2) is 17.6 Å². The number of carbonyl (C=O) groups is 1. The van der Waals surface area contributed by atoms with Crippen molar-refractivity contribution in [1.82, 2.24) is 0 Å². The van der Waals surface area contributed by atoms with Crippen LogP contribution in [0.1, 0.15) is 0 Å². The van der Waals surface area contributed by atoms with E-state index in [1.165, 1.54) is 6.07 Å². The molecule has 0 heterocycles. The number of anilines is 1. The fourth-order valence-corrected chi connectivity index (χ4v) is 2.78. The Labute approximate surface area is 136 Å². The lowest BCUT2D eigenvalue weighted by molar-refractivity contribution is -0.113. The summed E-state index contributed by atoms with van der Waals surface area (Å²) in [5, 5.41) is 2.29. The lowest BCUT2D eigenvalue weighted by Crippen LogP contribution is -2.15. The SMILES string of the molecule is O=C(CSc1ccc(F)c(F)c1)Nc1c(F)cc(F)cc1Br. The van der Waals surface area contributed by atoms with Gasteiger partial charge in [-0.05, 0) is 40.2 Å². The number of thioether (sulfide) groups is 1. The molecule has 1 N–H and O–H groups in total. The van der Waals surface area contributed by atoms with Crippen LogP contribution in [0.2, 0.25) is 0 Å². The zero-order valence-electron chi connectivity index (χ0n) is 10.8. The summed E-state index contributed by atoms with van der Waals surface area (Å²) in [5.74, 6) is -4.41. The molecule has 0 fully saturated rings. The number of carbonyl (C=O) groups excluding carboxylic acids is 1. The second-order valence-electron chi connectivity index (χ2n) is 4.16. The molecule has 0 radical (unpaired) electrons. The van der Waals surface area contributed by atoms with Crippen molar-refractivity contribution in [3.8, 4) is 0 Å². The highest BCUT2D eigenvalue weighted by atomic mass is 79.9. The molecule has 0 atom stereocenters. The molecule has 0 unspecified atom stereocenters. The minimum absolute atomic E-state index is 0.0659. The number of halogens is 5. The third-order valence-electron chi connectivity index (χ3n) is 2.53. The lowest BCUT2D eigenvalue weighted by Gasteiger charge is -2.09. The summed E-state index contributed by atoms with van der Waals surface area (Å²) in [7, 11) is 0. The minimum Gasteiger partial charge on any atom is -0.322 e. The van der Waals surface area contributed by atoms with Crippen LogP contribution >= 0.6 is 27.7 Å². The average molecular weight is 394 g/mol. The maximum absolute atomic E-state index is 13.5. The number of benzene rings is 2. The number of hydrogen-bond acceptors (Lipinski definition) is 2. The van der Waals surface area contributed by atoms with E-state index in [9.17, 15) is 22.4 Å². The average Bonchev–Trinajstić information content (AvgIpc) is 2.44. The van der Waals surface area contributed by atoms with Gasteiger partial charge in [0.05, 0.1) is 11.4 Å². The molecular weight excluding hydrogens is 386 g/mol. The second-order valence-corrected chi connectivity index (χ2v) is 6.06. The zero-order valence-corrected chi connectivity index (χ0v) is 13.2. The Morgan fingerprint density at radius 1 is 1.05 bits per heavy atom. The maximum Gasteiger partial charge on any atom is 0.234 e. The highest BCUT2D eigenvalue weighted by Crippen LogP contribution is 2.27. The van der Waals surface area contributed by atoms with Gasteiger partial charge in [0.15, 0.2) is 17.5 Å². The third-order valence-corrected chi connectivity index (χ3v) is 4.15. The van der Waals surface area contributed by atoms with Crippen LogP contribution in [0.5, 0.6) is 0 Å². The molecule has 2 rings (SSSR count). The summed E-state index contributed by atoms with van der Waals surface area (Å²) in [4.78, 5) is 12.1. The number of amides is 1. The van der Waals surface area contributed by atoms with Crippen LogP contribution in [0.4, 0.5) is 23.2 Å². The molecule has 22 heavy (non-hydrogen) atoms. The summed E-state index contributed by atoms with van der Waals surface area (Å²) in [6.07, 6.45) is 0. The van der Waals surface area contributed by atoms with Gasteiger partial charge < -0.3 is 5.32 Å². The predicted octanol–water partition coefficient (Wildman–Crippen LogP) is 4.74. The molecule has 1 amide bonds. The van der Waals surface area contributed by atoms with E-state index in [0.29, 0.717) is 11.0 Å². The molecule has 0 saturated heterocycles. The van der Waals surface area contributed by atoms with Crippen LogP contribution in [0.3, 0.4) is 0 Å². The van der Waals surface area contributed by atoms with Crippen molar-refractivity contribution in [2.24, 2.45) is 0 Å². The standard InChI is InChI=1S/C14H8BrF4NOS/c15-9-3-7(16)4-12(19)14(9)20-13(21)6-22-8-1-2-10(17)11(18)5-8/h1-5H,6H2,(H,20,21). The highest BCUT2D eigenvalue weighted by molar-refractivity contribution is 9.10. The first-order valence-corrected chi connectivity index (χ1v) is 7.67. The van der Waals surface area contributed by atoms with Crippen LogP contribution in [-0.4, -0.2) is 11.7 Å². The molecule has 0 aromatic heterocycles. The van der Waals surface area contributed by atoms with Crippen molar-refractivity contribution in [1.29, 1.82) is 0 Å². The van der Waals surface area contributed by atoms with E-state index in [1.54, 1.807) is 0 Å². The van der Waals surface area contributed by atoms with Gasteiger partial charge in [0, 0.05) is 15.4 Å². The van der Waals surface area contributed by atoms with E-state index in [2.05, 4.69) is 21.2 Å². The number of rotatable bonds is 4. The van der Waals surface area contributed by atoms with Crippen molar-refractivity contribution in [2.75, 3.05) is 11.1 Å².